The molecule has 0 spiro atoms. The highest BCUT2D eigenvalue weighted by molar-refractivity contribution is 9.10. The highest BCUT2D eigenvalue weighted by Gasteiger charge is 2.15. The SMILES string of the molecule is Brc1cccc2c1oc1ccc(N(c3ccccc3)c3ccccc3)cc12. The molecule has 0 N–H and O–H groups in total. The molecule has 130 valence electrons. The molecule has 1 heterocycles. The lowest BCUT2D eigenvalue weighted by Gasteiger charge is -2.25. The highest BCUT2D eigenvalue weighted by atomic mass is 79.9. The molecule has 0 saturated carbocycles. The molecular formula is C24H16BrNO. The fourth-order valence-electron chi connectivity index (χ4n) is 3.49. The van der Waals surface area contributed by atoms with Crippen LogP contribution in [-0.2, 0) is 0 Å². The summed E-state index contributed by atoms with van der Waals surface area (Å²) < 4.78 is 7.04. The summed E-state index contributed by atoms with van der Waals surface area (Å²) in [6.45, 7) is 0. The molecule has 5 aromatic rings. The third-order valence-electron chi connectivity index (χ3n) is 4.72. The second-order valence-corrected chi connectivity index (χ2v) is 7.26. The van der Waals surface area contributed by atoms with Crippen molar-refractivity contribution in [2.24, 2.45) is 0 Å². The lowest BCUT2D eigenvalue weighted by molar-refractivity contribution is 0.667. The zero-order chi connectivity index (χ0) is 18.2. The van der Waals surface area contributed by atoms with Gasteiger partial charge in [-0.3, -0.25) is 0 Å². The van der Waals surface area contributed by atoms with E-state index in [1.165, 1.54) is 0 Å². The predicted octanol–water partition coefficient (Wildman–Crippen LogP) is 7.82. The molecule has 0 amide bonds. The minimum absolute atomic E-state index is 0.885. The van der Waals surface area contributed by atoms with Gasteiger partial charge in [-0.15, -0.1) is 0 Å². The van der Waals surface area contributed by atoms with Gasteiger partial charge < -0.3 is 9.32 Å². The molecule has 0 radical (unpaired) electrons. The summed E-state index contributed by atoms with van der Waals surface area (Å²) in [5.41, 5.74) is 5.12. The average Bonchev–Trinajstić information content (AvgIpc) is 3.10. The molecule has 0 atom stereocenters. The Morgan fingerprint density at radius 2 is 1.26 bits per heavy atom. The van der Waals surface area contributed by atoms with Gasteiger partial charge in [-0.05, 0) is 64.5 Å². The quantitative estimate of drug-likeness (QED) is 0.299. The van der Waals surface area contributed by atoms with Crippen molar-refractivity contribution in [1.82, 2.24) is 0 Å². The number of hydrogen-bond acceptors (Lipinski definition) is 2. The summed E-state index contributed by atoms with van der Waals surface area (Å²) in [6, 6.07) is 33.4. The zero-order valence-corrected chi connectivity index (χ0v) is 16.1. The summed E-state index contributed by atoms with van der Waals surface area (Å²) in [4.78, 5) is 2.26. The van der Waals surface area contributed by atoms with Crippen LogP contribution in [0.5, 0.6) is 0 Å². The van der Waals surface area contributed by atoms with E-state index in [0.29, 0.717) is 0 Å². The molecule has 3 heteroatoms. The maximum atomic E-state index is 6.06. The van der Waals surface area contributed by atoms with Crippen molar-refractivity contribution < 1.29 is 4.42 Å². The molecule has 0 aliphatic rings. The van der Waals surface area contributed by atoms with E-state index in [1.54, 1.807) is 0 Å². The second-order valence-electron chi connectivity index (χ2n) is 6.41. The van der Waals surface area contributed by atoms with Gasteiger partial charge in [0.05, 0.1) is 4.47 Å². The third kappa shape index (κ3) is 2.81. The number of halogens is 1. The molecule has 0 unspecified atom stereocenters. The van der Waals surface area contributed by atoms with Crippen LogP contribution in [-0.4, -0.2) is 0 Å². The van der Waals surface area contributed by atoms with E-state index >= 15 is 0 Å². The van der Waals surface area contributed by atoms with Crippen LogP contribution in [0.25, 0.3) is 21.9 Å². The van der Waals surface area contributed by atoms with Gasteiger partial charge in [0.1, 0.15) is 11.2 Å². The monoisotopic (exact) mass is 413 g/mol. The molecule has 0 bridgehead atoms. The van der Waals surface area contributed by atoms with E-state index in [1.807, 2.05) is 24.3 Å². The van der Waals surface area contributed by atoms with E-state index in [2.05, 4.69) is 93.6 Å². The Kier molecular flexibility index (Phi) is 3.95. The van der Waals surface area contributed by atoms with E-state index in [0.717, 1.165) is 43.5 Å². The number of nitrogens with zero attached hydrogens (tertiary/aromatic N) is 1. The van der Waals surface area contributed by atoms with Crippen molar-refractivity contribution in [3.05, 3.63) is 102 Å². The number of para-hydroxylation sites is 3. The van der Waals surface area contributed by atoms with Crippen LogP contribution in [0, 0.1) is 0 Å². The molecule has 0 aliphatic carbocycles. The summed E-state index contributed by atoms with van der Waals surface area (Å²) in [6.07, 6.45) is 0. The normalized spacial score (nSPS) is 11.1. The predicted molar refractivity (Wildman–Crippen MR) is 116 cm³/mol. The topological polar surface area (TPSA) is 16.4 Å². The smallest absolute Gasteiger partial charge is 0.149 e. The van der Waals surface area contributed by atoms with Gasteiger partial charge in [0.15, 0.2) is 0 Å². The van der Waals surface area contributed by atoms with Gasteiger partial charge >= 0.3 is 0 Å². The zero-order valence-electron chi connectivity index (χ0n) is 14.5. The van der Waals surface area contributed by atoms with Gasteiger partial charge in [-0.1, -0.05) is 48.5 Å². The molecule has 2 nitrogen and oxygen atoms in total. The Morgan fingerprint density at radius 1 is 0.593 bits per heavy atom. The number of benzene rings is 4. The van der Waals surface area contributed by atoms with E-state index < -0.39 is 0 Å². The number of rotatable bonds is 3. The second kappa shape index (κ2) is 6.60. The fourth-order valence-corrected chi connectivity index (χ4v) is 3.94. The first-order valence-corrected chi connectivity index (χ1v) is 9.61. The first kappa shape index (κ1) is 16.2. The molecular weight excluding hydrogens is 398 g/mol. The number of anilines is 3. The third-order valence-corrected chi connectivity index (χ3v) is 5.34. The number of fused-ring (bicyclic) bond motifs is 3. The molecule has 0 aliphatic heterocycles. The van der Waals surface area contributed by atoms with Crippen LogP contribution >= 0.6 is 15.9 Å². The number of furan rings is 1. The van der Waals surface area contributed by atoms with Crippen LogP contribution in [0.1, 0.15) is 0 Å². The van der Waals surface area contributed by atoms with E-state index in [4.69, 9.17) is 4.42 Å². The summed E-state index contributed by atoms with van der Waals surface area (Å²) >= 11 is 3.59. The maximum Gasteiger partial charge on any atom is 0.149 e. The summed E-state index contributed by atoms with van der Waals surface area (Å²) in [5.74, 6) is 0. The molecule has 0 saturated heterocycles. The van der Waals surface area contributed by atoms with Crippen LogP contribution in [0.15, 0.2) is 106 Å². The Morgan fingerprint density at radius 3 is 1.93 bits per heavy atom. The molecule has 0 fully saturated rings. The fraction of sp³-hybridized carbons (Fsp3) is 0. The van der Waals surface area contributed by atoms with Gasteiger partial charge in [-0.2, -0.15) is 0 Å². The Bertz CT molecular complexity index is 1190. The Labute approximate surface area is 165 Å². The summed E-state index contributed by atoms with van der Waals surface area (Å²) in [5, 5.41) is 2.22. The van der Waals surface area contributed by atoms with Crippen molar-refractivity contribution in [3.63, 3.8) is 0 Å². The van der Waals surface area contributed by atoms with Crippen LogP contribution in [0.3, 0.4) is 0 Å². The van der Waals surface area contributed by atoms with Crippen LogP contribution in [0.2, 0.25) is 0 Å². The standard InChI is InChI=1S/C24H16BrNO/c25-22-13-7-12-20-21-16-19(14-15-23(21)27-24(20)22)26(17-8-3-1-4-9-17)18-10-5-2-6-11-18/h1-16H. The van der Waals surface area contributed by atoms with Gasteiger partial charge in [-0.25, -0.2) is 0 Å². The van der Waals surface area contributed by atoms with Gasteiger partial charge in [0.25, 0.3) is 0 Å². The lowest BCUT2D eigenvalue weighted by Crippen LogP contribution is -2.09. The van der Waals surface area contributed by atoms with Crippen molar-refractivity contribution in [1.29, 1.82) is 0 Å². The van der Waals surface area contributed by atoms with Crippen molar-refractivity contribution in [2.45, 2.75) is 0 Å². The first-order valence-electron chi connectivity index (χ1n) is 8.82. The van der Waals surface area contributed by atoms with E-state index in [-0.39, 0.29) is 0 Å². The van der Waals surface area contributed by atoms with Crippen molar-refractivity contribution in [3.8, 4) is 0 Å². The van der Waals surface area contributed by atoms with Gasteiger partial charge in [0, 0.05) is 27.8 Å². The first-order chi connectivity index (χ1) is 13.3. The van der Waals surface area contributed by atoms with Crippen LogP contribution < -0.4 is 4.90 Å². The van der Waals surface area contributed by atoms with Gasteiger partial charge in [0.2, 0.25) is 0 Å². The van der Waals surface area contributed by atoms with Crippen LogP contribution in [0.4, 0.5) is 17.1 Å². The summed E-state index contributed by atoms with van der Waals surface area (Å²) in [7, 11) is 0. The Hall–Kier alpha value is -3.04. The minimum atomic E-state index is 0.885. The maximum absolute atomic E-state index is 6.06. The van der Waals surface area contributed by atoms with Crippen molar-refractivity contribution >= 4 is 54.9 Å². The molecule has 1 aromatic heterocycles. The lowest BCUT2D eigenvalue weighted by atomic mass is 10.1. The minimum Gasteiger partial charge on any atom is -0.455 e. The molecule has 5 rings (SSSR count). The number of hydrogen-bond donors (Lipinski definition) is 0. The molecule has 27 heavy (non-hydrogen) atoms. The molecule has 4 aromatic carbocycles. The van der Waals surface area contributed by atoms with Crippen molar-refractivity contribution in [2.75, 3.05) is 4.90 Å². The average molecular weight is 414 g/mol. The Balaban J connectivity index is 1.75. The largest absolute Gasteiger partial charge is 0.455 e. The highest BCUT2D eigenvalue weighted by Crippen LogP contribution is 2.39. The van der Waals surface area contributed by atoms with E-state index in [9.17, 15) is 0 Å².